The number of aliphatic imine (C=N–C) groups is 2. The van der Waals surface area contributed by atoms with Crippen LogP contribution in [0.1, 0.15) is 38.9 Å². The lowest BCUT2D eigenvalue weighted by molar-refractivity contribution is 0.768. The van der Waals surface area contributed by atoms with Gasteiger partial charge in [-0.3, -0.25) is 4.99 Å². The second-order valence-electron chi connectivity index (χ2n) is 16.1. The van der Waals surface area contributed by atoms with E-state index < -0.39 is 5.41 Å². The van der Waals surface area contributed by atoms with E-state index in [1.54, 1.807) is 0 Å². The van der Waals surface area contributed by atoms with Crippen LogP contribution in [0, 0.1) is 0 Å². The molecule has 1 heterocycles. The Labute approximate surface area is 367 Å². The Hall–Kier alpha value is -8.21. The van der Waals surface area contributed by atoms with Crippen LogP contribution in [0.2, 0.25) is 0 Å². The molecule has 4 heteroatoms. The smallest absolute Gasteiger partial charge is 0.157 e. The summed E-state index contributed by atoms with van der Waals surface area (Å²) in [6, 6.07) is 81.5. The lowest BCUT2D eigenvalue weighted by Gasteiger charge is -2.33. The zero-order valence-electron chi connectivity index (χ0n) is 34.6. The third-order valence-electron chi connectivity index (χ3n) is 12.4. The van der Waals surface area contributed by atoms with Crippen LogP contribution < -0.4 is 5.73 Å². The van der Waals surface area contributed by atoms with Crippen LogP contribution in [0.25, 0.3) is 55.2 Å². The van der Waals surface area contributed by atoms with Crippen molar-refractivity contribution >= 4 is 33.3 Å². The van der Waals surface area contributed by atoms with Gasteiger partial charge >= 0.3 is 0 Å². The Morgan fingerprint density at radius 1 is 0.444 bits per heavy atom. The molecular formula is C59H42N4. The summed E-state index contributed by atoms with van der Waals surface area (Å²) in [4.78, 5) is 15.5. The van der Waals surface area contributed by atoms with Gasteiger partial charge in [0.25, 0.3) is 0 Å². The van der Waals surface area contributed by atoms with Crippen LogP contribution in [0.15, 0.2) is 241 Å². The second-order valence-corrected chi connectivity index (χ2v) is 16.1. The third kappa shape index (κ3) is 6.70. The Bertz CT molecular complexity index is 3320. The minimum Gasteiger partial charge on any atom is -0.383 e. The molecule has 4 nitrogen and oxygen atoms in total. The SMILES string of the molecule is NC(=NC(=NCc1cc(-c2ccc3c(c2)-c2ccccc2C3(c2ccccc2)c2ccccc2)cc(-c2nc3ccccc3c3ccccc23)c1)c1ccccc1)c1ccccc1. The van der Waals surface area contributed by atoms with Crippen molar-refractivity contribution in [1.29, 1.82) is 0 Å². The highest BCUT2D eigenvalue weighted by Crippen LogP contribution is 2.56. The van der Waals surface area contributed by atoms with Gasteiger partial charge in [-0.15, -0.1) is 0 Å². The van der Waals surface area contributed by atoms with Gasteiger partial charge in [-0.2, -0.15) is 0 Å². The van der Waals surface area contributed by atoms with Gasteiger partial charge in [-0.05, 0) is 85.8 Å². The number of rotatable bonds is 8. The van der Waals surface area contributed by atoms with Gasteiger partial charge < -0.3 is 5.73 Å². The number of amidine groups is 2. The molecule has 0 saturated carbocycles. The van der Waals surface area contributed by atoms with Crippen LogP contribution in [0.4, 0.5) is 0 Å². The molecule has 0 fully saturated rings. The molecule has 0 bridgehead atoms. The molecule has 10 aromatic rings. The maximum absolute atomic E-state index is 6.63. The van der Waals surface area contributed by atoms with E-state index in [2.05, 4.69) is 170 Å². The van der Waals surface area contributed by atoms with E-state index >= 15 is 0 Å². The Kier molecular flexibility index (Phi) is 9.59. The molecule has 1 aliphatic carbocycles. The first-order valence-corrected chi connectivity index (χ1v) is 21.4. The van der Waals surface area contributed by atoms with Gasteiger partial charge in [0, 0.05) is 27.5 Å². The molecule has 298 valence electrons. The van der Waals surface area contributed by atoms with Gasteiger partial charge in [0.1, 0.15) is 5.84 Å². The molecule has 2 N–H and O–H groups in total. The number of nitrogens with two attached hydrogens (primary N) is 1. The number of pyridine rings is 1. The van der Waals surface area contributed by atoms with E-state index in [4.69, 9.17) is 20.7 Å². The molecule has 1 aromatic heterocycles. The Balaban J connectivity index is 1.12. The molecule has 11 rings (SSSR count). The highest BCUT2D eigenvalue weighted by atomic mass is 15.0. The molecule has 0 saturated heterocycles. The van der Waals surface area contributed by atoms with E-state index in [1.807, 2.05) is 60.7 Å². The average Bonchev–Trinajstić information content (AvgIpc) is 3.66. The number of hydrogen-bond acceptors (Lipinski definition) is 2. The summed E-state index contributed by atoms with van der Waals surface area (Å²) in [7, 11) is 0. The fourth-order valence-electron chi connectivity index (χ4n) is 9.57. The van der Waals surface area contributed by atoms with Crippen LogP contribution in [-0.2, 0) is 12.0 Å². The van der Waals surface area contributed by atoms with Crippen molar-refractivity contribution in [3.63, 3.8) is 0 Å². The lowest BCUT2D eigenvalue weighted by Crippen LogP contribution is -2.28. The number of benzene rings is 9. The molecule has 1 aliphatic rings. The molecule has 0 atom stereocenters. The molecule has 9 aromatic carbocycles. The average molecular weight is 807 g/mol. The highest BCUT2D eigenvalue weighted by molar-refractivity contribution is 6.12. The largest absolute Gasteiger partial charge is 0.383 e. The fourth-order valence-corrected chi connectivity index (χ4v) is 9.57. The highest BCUT2D eigenvalue weighted by Gasteiger charge is 2.46. The van der Waals surface area contributed by atoms with Crippen LogP contribution >= 0.6 is 0 Å². The van der Waals surface area contributed by atoms with Gasteiger partial charge in [-0.25, -0.2) is 9.98 Å². The summed E-state index contributed by atoms with van der Waals surface area (Å²) in [5, 5.41) is 3.41. The standard InChI is InChI=1S/C59H42N4/c60-57(41-19-5-1-6-20-41)63-58(42-21-7-2-8-22-42)61-39-40-35-44(37-45(36-40)56-51-30-14-13-27-48(51)50-29-16-18-32-55(50)62-56)43-33-34-54-52(38-43)49-28-15-17-31-53(49)59(54,46-23-9-3-10-24-46)47-25-11-4-12-26-47/h1-38H,39H2,(H2,60,61,63). The van der Waals surface area contributed by atoms with Crippen molar-refractivity contribution in [2.75, 3.05) is 0 Å². The fraction of sp³-hybridized carbons (Fsp3) is 0.0339. The summed E-state index contributed by atoms with van der Waals surface area (Å²) >= 11 is 0. The van der Waals surface area contributed by atoms with Crippen molar-refractivity contribution in [1.82, 2.24) is 4.98 Å². The van der Waals surface area contributed by atoms with Gasteiger partial charge in [0.2, 0.25) is 0 Å². The summed E-state index contributed by atoms with van der Waals surface area (Å²) < 4.78 is 0. The van der Waals surface area contributed by atoms with Crippen molar-refractivity contribution in [2.24, 2.45) is 15.7 Å². The van der Waals surface area contributed by atoms with E-state index in [0.29, 0.717) is 18.2 Å². The predicted molar refractivity (Wildman–Crippen MR) is 261 cm³/mol. The van der Waals surface area contributed by atoms with Gasteiger partial charge in [-0.1, -0.05) is 200 Å². The maximum atomic E-state index is 6.63. The molecule has 0 radical (unpaired) electrons. The maximum Gasteiger partial charge on any atom is 0.157 e. The quantitative estimate of drug-likeness (QED) is 0.0944. The van der Waals surface area contributed by atoms with E-state index in [1.165, 1.54) is 38.8 Å². The molecule has 0 spiro atoms. The molecular weight excluding hydrogens is 765 g/mol. The van der Waals surface area contributed by atoms with Crippen LogP contribution in [0.5, 0.6) is 0 Å². The second kappa shape index (κ2) is 16.0. The number of nitrogens with zero attached hydrogens (tertiary/aromatic N) is 3. The van der Waals surface area contributed by atoms with Crippen molar-refractivity contribution in [2.45, 2.75) is 12.0 Å². The van der Waals surface area contributed by atoms with Crippen LogP contribution in [0.3, 0.4) is 0 Å². The normalized spacial score (nSPS) is 13.2. The topological polar surface area (TPSA) is 63.6 Å². The zero-order chi connectivity index (χ0) is 42.2. The van der Waals surface area contributed by atoms with Crippen molar-refractivity contribution in [3.8, 4) is 33.5 Å². The van der Waals surface area contributed by atoms with Gasteiger partial charge in [0.05, 0.1) is 23.2 Å². The summed E-state index contributed by atoms with van der Waals surface area (Å²) in [5.41, 5.74) is 21.6. The third-order valence-corrected chi connectivity index (χ3v) is 12.4. The number of para-hydroxylation sites is 1. The van der Waals surface area contributed by atoms with E-state index in [-0.39, 0.29) is 0 Å². The van der Waals surface area contributed by atoms with E-state index in [9.17, 15) is 0 Å². The summed E-state index contributed by atoms with van der Waals surface area (Å²) in [6.45, 7) is 0.376. The van der Waals surface area contributed by atoms with Crippen molar-refractivity contribution < 1.29 is 0 Å². The predicted octanol–water partition coefficient (Wildman–Crippen LogP) is 13.4. The lowest BCUT2D eigenvalue weighted by atomic mass is 9.67. The Morgan fingerprint density at radius 3 is 1.71 bits per heavy atom. The van der Waals surface area contributed by atoms with Crippen LogP contribution in [-0.4, -0.2) is 16.7 Å². The Morgan fingerprint density at radius 2 is 1.00 bits per heavy atom. The summed E-state index contributed by atoms with van der Waals surface area (Å²) in [5.74, 6) is 0.991. The number of hydrogen-bond donors (Lipinski definition) is 1. The molecule has 0 amide bonds. The molecule has 0 aliphatic heterocycles. The number of aromatic nitrogens is 1. The minimum atomic E-state index is -0.474. The molecule has 63 heavy (non-hydrogen) atoms. The first kappa shape index (κ1) is 37.8. The first-order chi connectivity index (χ1) is 31.1. The minimum absolute atomic E-state index is 0.376. The zero-order valence-corrected chi connectivity index (χ0v) is 34.6. The van der Waals surface area contributed by atoms with E-state index in [0.717, 1.165) is 55.4 Å². The monoisotopic (exact) mass is 806 g/mol. The number of fused-ring (bicyclic) bond motifs is 6. The molecule has 0 unspecified atom stereocenters. The first-order valence-electron chi connectivity index (χ1n) is 21.4. The van der Waals surface area contributed by atoms with Crippen molar-refractivity contribution in [3.05, 3.63) is 269 Å². The van der Waals surface area contributed by atoms with Gasteiger partial charge in [0.15, 0.2) is 5.84 Å². The summed E-state index contributed by atoms with van der Waals surface area (Å²) in [6.07, 6.45) is 0.